The Labute approximate surface area is 105 Å². The van der Waals surface area contributed by atoms with E-state index in [1.54, 1.807) is 0 Å². The van der Waals surface area contributed by atoms with Crippen molar-refractivity contribution < 1.29 is 4.74 Å². The second-order valence-electron chi connectivity index (χ2n) is 4.42. The normalized spacial score (nSPS) is 19.4. The van der Waals surface area contributed by atoms with Crippen LogP contribution in [0.1, 0.15) is 25.7 Å². The van der Waals surface area contributed by atoms with Crippen molar-refractivity contribution in [1.82, 2.24) is 9.97 Å². The lowest BCUT2D eigenvalue weighted by molar-refractivity contribution is 0.310. The van der Waals surface area contributed by atoms with Crippen molar-refractivity contribution in [3.63, 3.8) is 0 Å². The van der Waals surface area contributed by atoms with Gasteiger partial charge in [0.15, 0.2) is 5.82 Å². The van der Waals surface area contributed by atoms with Crippen molar-refractivity contribution in [1.29, 1.82) is 0 Å². The Kier molecular flexibility index (Phi) is 2.93. The molecule has 3 rings (SSSR count). The second kappa shape index (κ2) is 4.56. The van der Waals surface area contributed by atoms with E-state index in [9.17, 15) is 0 Å². The summed E-state index contributed by atoms with van der Waals surface area (Å²) >= 11 is 5.90. The molecule has 0 radical (unpaired) electrons. The molecule has 1 aliphatic heterocycles. The maximum Gasteiger partial charge on any atom is 0.244 e. The van der Waals surface area contributed by atoms with Crippen LogP contribution in [-0.2, 0) is 0 Å². The van der Waals surface area contributed by atoms with Crippen LogP contribution in [0.4, 0.5) is 11.5 Å². The zero-order valence-electron chi connectivity index (χ0n) is 9.50. The molecule has 1 saturated carbocycles. The van der Waals surface area contributed by atoms with E-state index in [0.29, 0.717) is 18.5 Å². The average molecular weight is 255 g/mol. The molecule has 17 heavy (non-hydrogen) atoms. The molecule has 5 nitrogen and oxygen atoms in total. The Morgan fingerprint density at radius 3 is 2.94 bits per heavy atom. The first-order valence-corrected chi connectivity index (χ1v) is 6.41. The molecule has 2 aliphatic rings. The summed E-state index contributed by atoms with van der Waals surface area (Å²) in [4.78, 5) is 8.33. The van der Waals surface area contributed by atoms with Gasteiger partial charge in [-0.15, -0.1) is 0 Å². The summed E-state index contributed by atoms with van der Waals surface area (Å²) in [6, 6.07) is 0.494. The van der Waals surface area contributed by atoms with Gasteiger partial charge in [-0.3, -0.25) is 0 Å². The van der Waals surface area contributed by atoms with Gasteiger partial charge in [0.1, 0.15) is 12.3 Å². The van der Waals surface area contributed by atoms with E-state index in [4.69, 9.17) is 16.3 Å². The molecule has 2 heterocycles. The van der Waals surface area contributed by atoms with Gasteiger partial charge >= 0.3 is 0 Å². The van der Waals surface area contributed by atoms with Gasteiger partial charge in [-0.2, -0.15) is 9.97 Å². The van der Waals surface area contributed by atoms with Crippen LogP contribution in [0.3, 0.4) is 0 Å². The van der Waals surface area contributed by atoms with Gasteiger partial charge in [-0.1, -0.05) is 12.8 Å². The Balaban J connectivity index is 1.88. The maximum absolute atomic E-state index is 5.90. The molecule has 92 valence electrons. The number of ether oxygens (including phenoxy) is 1. The Morgan fingerprint density at radius 1 is 1.29 bits per heavy atom. The molecular formula is C11H15ClN4O. The zero-order valence-corrected chi connectivity index (χ0v) is 10.3. The standard InChI is InChI=1S/C11H15ClN4O/c12-11-15-9(14-7-3-1-2-4-7)8-10(16-11)17-6-5-13-8/h7,13H,1-6H2,(H,14,15,16). The predicted octanol–water partition coefficient (Wildman–Crippen LogP) is 2.29. The first kappa shape index (κ1) is 10.9. The van der Waals surface area contributed by atoms with Crippen LogP contribution in [0.25, 0.3) is 0 Å². The molecule has 1 aliphatic carbocycles. The number of hydrogen-bond donors (Lipinski definition) is 2. The minimum absolute atomic E-state index is 0.230. The van der Waals surface area contributed by atoms with Gasteiger partial charge in [-0.05, 0) is 24.4 Å². The zero-order chi connectivity index (χ0) is 11.7. The number of aromatic nitrogens is 2. The van der Waals surface area contributed by atoms with Crippen molar-refractivity contribution in [3.05, 3.63) is 5.28 Å². The molecule has 0 amide bonds. The minimum atomic E-state index is 0.230. The van der Waals surface area contributed by atoms with Gasteiger partial charge in [0.2, 0.25) is 11.2 Å². The number of hydrogen-bond acceptors (Lipinski definition) is 5. The topological polar surface area (TPSA) is 59.1 Å². The highest BCUT2D eigenvalue weighted by Crippen LogP contribution is 2.34. The highest BCUT2D eigenvalue weighted by atomic mass is 35.5. The van der Waals surface area contributed by atoms with E-state index in [-0.39, 0.29) is 5.28 Å². The van der Waals surface area contributed by atoms with Crippen LogP contribution in [0.2, 0.25) is 5.28 Å². The summed E-state index contributed by atoms with van der Waals surface area (Å²) in [5.74, 6) is 1.32. The number of fused-ring (bicyclic) bond motifs is 1. The van der Waals surface area contributed by atoms with Crippen molar-refractivity contribution >= 4 is 23.1 Å². The monoisotopic (exact) mass is 254 g/mol. The number of rotatable bonds is 2. The lowest BCUT2D eigenvalue weighted by Gasteiger charge is -2.22. The third-order valence-electron chi connectivity index (χ3n) is 3.19. The summed E-state index contributed by atoms with van der Waals surface area (Å²) < 4.78 is 5.47. The molecule has 0 spiro atoms. The number of anilines is 2. The van der Waals surface area contributed by atoms with Crippen molar-refractivity contribution in [2.24, 2.45) is 0 Å². The third kappa shape index (κ3) is 2.24. The second-order valence-corrected chi connectivity index (χ2v) is 4.76. The van der Waals surface area contributed by atoms with E-state index < -0.39 is 0 Å². The predicted molar refractivity (Wildman–Crippen MR) is 66.9 cm³/mol. The number of nitrogens with zero attached hydrogens (tertiary/aromatic N) is 2. The SMILES string of the molecule is Clc1nc(NC2CCCC2)c2c(n1)OCCN2. The molecule has 1 aromatic heterocycles. The van der Waals surface area contributed by atoms with E-state index in [0.717, 1.165) is 18.1 Å². The van der Waals surface area contributed by atoms with Crippen molar-refractivity contribution in [2.75, 3.05) is 23.8 Å². The van der Waals surface area contributed by atoms with E-state index in [1.807, 2.05) is 0 Å². The van der Waals surface area contributed by atoms with E-state index in [2.05, 4.69) is 20.6 Å². The van der Waals surface area contributed by atoms with Gasteiger partial charge in [0.05, 0.1) is 0 Å². The smallest absolute Gasteiger partial charge is 0.244 e. The quantitative estimate of drug-likeness (QED) is 0.793. The lowest BCUT2D eigenvalue weighted by atomic mass is 10.2. The Morgan fingerprint density at radius 2 is 2.12 bits per heavy atom. The number of halogens is 1. The van der Waals surface area contributed by atoms with E-state index >= 15 is 0 Å². The summed E-state index contributed by atoms with van der Waals surface area (Å²) in [5, 5.41) is 6.92. The number of nitrogens with one attached hydrogen (secondary N) is 2. The van der Waals surface area contributed by atoms with Crippen molar-refractivity contribution in [2.45, 2.75) is 31.7 Å². The van der Waals surface area contributed by atoms with E-state index in [1.165, 1.54) is 25.7 Å². The Hall–Kier alpha value is -1.23. The molecule has 0 atom stereocenters. The molecule has 1 fully saturated rings. The van der Waals surface area contributed by atoms with Crippen LogP contribution in [0.15, 0.2) is 0 Å². The van der Waals surface area contributed by atoms with Gasteiger partial charge in [-0.25, -0.2) is 0 Å². The molecule has 0 unspecified atom stereocenters. The summed E-state index contributed by atoms with van der Waals surface area (Å²) in [5.41, 5.74) is 0.840. The molecule has 1 aromatic rings. The summed E-state index contributed by atoms with van der Waals surface area (Å²) in [6.07, 6.45) is 4.94. The summed E-state index contributed by atoms with van der Waals surface area (Å²) in [7, 11) is 0. The fraction of sp³-hybridized carbons (Fsp3) is 0.636. The highest BCUT2D eigenvalue weighted by molar-refractivity contribution is 6.28. The third-order valence-corrected chi connectivity index (χ3v) is 3.36. The molecule has 6 heteroatoms. The molecule has 0 saturated heterocycles. The van der Waals surface area contributed by atoms with Crippen molar-refractivity contribution in [3.8, 4) is 5.88 Å². The highest BCUT2D eigenvalue weighted by Gasteiger charge is 2.22. The maximum atomic E-state index is 5.90. The van der Waals surface area contributed by atoms with Gasteiger partial charge < -0.3 is 15.4 Å². The summed E-state index contributed by atoms with van der Waals surface area (Å²) in [6.45, 7) is 1.39. The molecular weight excluding hydrogens is 240 g/mol. The minimum Gasteiger partial charge on any atom is -0.474 e. The molecule has 2 N–H and O–H groups in total. The van der Waals surface area contributed by atoms with Crippen LogP contribution in [0.5, 0.6) is 5.88 Å². The fourth-order valence-corrected chi connectivity index (χ4v) is 2.53. The largest absolute Gasteiger partial charge is 0.474 e. The van der Waals surface area contributed by atoms with Crippen LogP contribution >= 0.6 is 11.6 Å². The molecule has 0 aromatic carbocycles. The average Bonchev–Trinajstić information content (AvgIpc) is 2.81. The van der Waals surface area contributed by atoms with Gasteiger partial charge in [0.25, 0.3) is 0 Å². The lowest BCUT2D eigenvalue weighted by Crippen LogP contribution is -2.23. The van der Waals surface area contributed by atoms with Crippen LogP contribution < -0.4 is 15.4 Å². The van der Waals surface area contributed by atoms with Gasteiger partial charge in [0, 0.05) is 12.6 Å². The van der Waals surface area contributed by atoms with Crippen LogP contribution in [-0.4, -0.2) is 29.2 Å². The first-order valence-electron chi connectivity index (χ1n) is 6.03. The Bertz CT molecular complexity index is 420. The first-order chi connectivity index (χ1) is 8.33. The fourth-order valence-electron chi connectivity index (χ4n) is 2.37. The van der Waals surface area contributed by atoms with Crippen LogP contribution in [0, 0.1) is 0 Å². The molecule has 0 bridgehead atoms.